The van der Waals surface area contributed by atoms with Crippen LogP contribution in [0.25, 0.3) is 6.08 Å². The molecule has 3 aromatic rings. The summed E-state index contributed by atoms with van der Waals surface area (Å²) in [6.45, 7) is 5.67. The van der Waals surface area contributed by atoms with Crippen LogP contribution < -0.4 is 4.74 Å². The van der Waals surface area contributed by atoms with E-state index in [1.54, 1.807) is 0 Å². The fourth-order valence-electron chi connectivity index (χ4n) is 4.00. The van der Waals surface area contributed by atoms with Gasteiger partial charge in [0, 0.05) is 12.6 Å². The average Bonchev–Trinajstić information content (AvgIpc) is 2.78. The molecule has 0 heterocycles. The Hall–Kier alpha value is -2.88. The van der Waals surface area contributed by atoms with Crippen LogP contribution in [0.3, 0.4) is 0 Å². The maximum Gasteiger partial charge on any atom is 0.120 e. The van der Waals surface area contributed by atoms with E-state index in [0.29, 0.717) is 12.6 Å². The summed E-state index contributed by atoms with van der Waals surface area (Å²) in [5.74, 6) is 0.782. The molecule has 0 aliphatic heterocycles. The van der Waals surface area contributed by atoms with E-state index in [0.717, 1.165) is 29.0 Å². The van der Waals surface area contributed by atoms with Crippen LogP contribution in [0, 0.1) is 0 Å². The molecule has 3 aromatic carbocycles. The predicted octanol–water partition coefficient (Wildman–Crippen LogP) is 5.61. The first-order valence-corrected chi connectivity index (χ1v) is 10.6. The van der Waals surface area contributed by atoms with Crippen LogP contribution in [0.2, 0.25) is 0 Å². The number of fused-ring (bicyclic) bond motifs is 1. The molecule has 154 valence electrons. The van der Waals surface area contributed by atoms with Crippen LogP contribution in [0.15, 0.2) is 84.9 Å². The average molecular weight is 400 g/mol. The van der Waals surface area contributed by atoms with Gasteiger partial charge in [-0.2, -0.15) is 0 Å². The fourth-order valence-corrected chi connectivity index (χ4v) is 4.00. The van der Waals surface area contributed by atoms with Gasteiger partial charge in [-0.15, -0.1) is 0 Å². The van der Waals surface area contributed by atoms with Crippen molar-refractivity contribution in [2.45, 2.75) is 45.2 Å². The molecular weight excluding hydrogens is 370 g/mol. The minimum atomic E-state index is -0.601. The van der Waals surface area contributed by atoms with E-state index in [2.05, 4.69) is 67.3 Å². The van der Waals surface area contributed by atoms with Gasteiger partial charge in [-0.1, -0.05) is 78.9 Å². The second-order valence-corrected chi connectivity index (χ2v) is 8.11. The Bertz CT molecular complexity index is 982. The molecule has 1 aliphatic carbocycles. The van der Waals surface area contributed by atoms with Crippen molar-refractivity contribution in [3.8, 4) is 5.75 Å². The first-order valence-electron chi connectivity index (χ1n) is 10.6. The lowest BCUT2D eigenvalue weighted by Gasteiger charge is -2.38. The Morgan fingerprint density at radius 2 is 1.57 bits per heavy atom. The SMILES string of the molecule is CC(C)N(Cc1ccccc1)[C@@H]1C=Cc2ccc(OCc3ccccc3)cc2[C@H]1O. The van der Waals surface area contributed by atoms with Crippen molar-refractivity contribution in [2.75, 3.05) is 0 Å². The van der Waals surface area contributed by atoms with Crippen LogP contribution in [0.5, 0.6) is 5.75 Å². The third kappa shape index (κ3) is 4.64. The zero-order valence-electron chi connectivity index (χ0n) is 17.6. The van der Waals surface area contributed by atoms with Gasteiger partial charge in [-0.25, -0.2) is 0 Å². The van der Waals surface area contributed by atoms with Gasteiger partial charge in [0.05, 0.1) is 12.1 Å². The van der Waals surface area contributed by atoms with Crippen molar-refractivity contribution in [2.24, 2.45) is 0 Å². The zero-order valence-corrected chi connectivity index (χ0v) is 17.6. The third-order valence-corrected chi connectivity index (χ3v) is 5.68. The van der Waals surface area contributed by atoms with Gasteiger partial charge in [0.15, 0.2) is 0 Å². The second kappa shape index (κ2) is 9.29. The Morgan fingerprint density at radius 1 is 0.900 bits per heavy atom. The molecule has 0 spiro atoms. The van der Waals surface area contributed by atoms with E-state index in [-0.39, 0.29) is 6.04 Å². The molecule has 0 saturated carbocycles. The number of rotatable bonds is 7. The highest BCUT2D eigenvalue weighted by Crippen LogP contribution is 2.35. The largest absolute Gasteiger partial charge is 0.489 e. The normalized spacial score (nSPS) is 17.9. The monoisotopic (exact) mass is 399 g/mol. The first kappa shape index (κ1) is 20.4. The highest BCUT2D eigenvalue weighted by atomic mass is 16.5. The summed E-state index contributed by atoms with van der Waals surface area (Å²) in [5.41, 5.74) is 4.35. The number of hydrogen-bond donors (Lipinski definition) is 1. The summed E-state index contributed by atoms with van der Waals surface area (Å²) in [5, 5.41) is 11.3. The van der Waals surface area contributed by atoms with Crippen molar-refractivity contribution in [1.82, 2.24) is 4.90 Å². The number of aliphatic hydroxyl groups excluding tert-OH is 1. The lowest BCUT2D eigenvalue weighted by atomic mass is 9.89. The molecule has 1 aliphatic rings. The summed E-state index contributed by atoms with van der Waals surface area (Å²) >= 11 is 0. The lowest BCUT2D eigenvalue weighted by Crippen LogP contribution is -2.43. The molecule has 0 saturated heterocycles. The molecule has 2 atom stereocenters. The van der Waals surface area contributed by atoms with E-state index >= 15 is 0 Å². The molecule has 0 radical (unpaired) electrons. The van der Waals surface area contributed by atoms with Gasteiger partial charge in [0.25, 0.3) is 0 Å². The molecule has 30 heavy (non-hydrogen) atoms. The molecular formula is C27H29NO2. The van der Waals surface area contributed by atoms with Gasteiger partial charge in [0.2, 0.25) is 0 Å². The summed E-state index contributed by atoms with van der Waals surface area (Å²) in [6, 6.07) is 26.8. The highest BCUT2D eigenvalue weighted by Gasteiger charge is 2.31. The minimum absolute atomic E-state index is 0.0814. The molecule has 0 aromatic heterocycles. The topological polar surface area (TPSA) is 32.7 Å². The molecule has 0 amide bonds. The summed E-state index contributed by atoms with van der Waals surface area (Å²) in [4.78, 5) is 2.34. The van der Waals surface area contributed by atoms with Gasteiger partial charge in [0.1, 0.15) is 12.4 Å². The van der Waals surface area contributed by atoms with Crippen LogP contribution in [-0.4, -0.2) is 22.1 Å². The van der Waals surface area contributed by atoms with Crippen molar-refractivity contribution >= 4 is 6.08 Å². The van der Waals surface area contributed by atoms with Gasteiger partial charge >= 0.3 is 0 Å². The minimum Gasteiger partial charge on any atom is -0.489 e. The fraction of sp³-hybridized carbons (Fsp3) is 0.259. The number of aliphatic hydroxyl groups is 1. The summed E-state index contributed by atoms with van der Waals surface area (Å²) in [7, 11) is 0. The molecule has 3 nitrogen and oxygen atoms in total. The molecule has 0 unspecified atom stereocenters. The quantitative estimate of drug-likeness (QED) is 0.561. The molecule has 0 fully saturated rings. The van der Waals surface area contributed by atoms with Crippen molar-refractivity contribution in [1.29, 1.82) is 0 Å². The molecule has 1 N–H and O–H groups in total. The number of benzene rings is 3. The van der Waals surface area contributed by atoms with Gasteiger partial charge in [-0.3, -0.25) is 4.90 Å². The summed E-state index contributed by atoms with van der Waals surface area (Å²) < 4.78 is 6.00. The van der Waals surface area contributed by atoms with E-state index in [9.17, 15) is 5.11 Å². The molecule has 4 rings (SSSR count). The van der Waals surface area contributed by atoms with E-state index in [4.69, 9.17) is 4.74 Å². The Labute approximate surface area is 179 Å². The first-order chi connectivity index (χ1) is 14.6. The van der Waals surface area contributed by atoms with E-state index in [1.165, 1.54) is 5.56 Å². The highest BCUT2D eigenvalue weighted by molar-refractivity contribution is 5.60. The predicted molar refractivity (Wildman–Crippen MR) is 122 cm³/mol. The van der Waals surface area contributed by atoms with Gasteiger partial charge < -0.3 is 9.84 Å². The smallest absolute Gasteiger partial charge is 0.120 e. The molecule has 3 heteroatoms. The Balaban J connectivity index is 1.53. The number of nitrogens with zero attached hydrogens (tertiary/aromatic N) is 1. The summed E-state index contributed by atoms with van der Waals surface area (Å²) in [6.07, 6.45) is 3.64. The Morgan fingerprint density at radius 3 is 2.23 bits per heavy atom. The van der Waals surface area contributed by atoms with Crippen LogP contribution in [0.4, 0.5) is 0 Å². The second-order valence-electron chi connectivity index (χ2n) is 8.11. The maximum atomic E-state index is 11.3. The number of ether oxygens (including phenoxy) is 1. The van der Waals surface area contributed by atoms with E-state index in [1.807, 2.05) is 42.5 Å². The van der Waals surface area contributed by atoms with Crippen LogP contribution >= 0.6 is 0 Å². The molecule has 0 bridgehead atoms. The zero-order chi connectivity index (χ0) is 20.9. The maximum absolute atomic E-state index is 11.3. The lowest BCUT2D eigenvalue weighted by molar-refractivity contribution is 0.0489. The van der Waals surface area contributed by atoms with E-state index < -0.39 is 6.10 Å². The Kier molecular flexibility index (Phi) is 6.32. The third-order valence-electron chi connectivity index (χ3n) is 5.68. The van der Waals surface area contributed by atoms with Crippen LogP contribution in [0.1, 0.15) is 42.2 Å². The van der Waals surface area contributed by atoms with Gasteiger partial charge in [-0.05, 0) is 48.2 Å². The number of hydrogen-bond acceptors (Lipinski definition) is 3. The standard InChI is InChI=1S/C27H29NO2/c1-20(2)28(18-21-9-5-3-6-10-21)26-16-14-23-13-15-24(17-25(23)27(26)29)30-19-22-11-7-4-8-12-22/h3-17,20,26-27,29H,18-19H2,1-2H3/t26-,27-/m1/s1. The van der Waals surface area contributed by atoms with Crippen LogP contribution in [-0.2, 0) is 13.2 Å². The van der Waals surface area contributed by atoms with Crippen molar-refractivity contribution in [3.05, 3.63) is 107 Å². The van der Waals surface area contributed by atoms with Crippen molar-refractivity contribution in [3.63, 3.8) is 0 Å². The van der Waals surface area contributed by atoms with Crippen molar-refractivity contribution < 1.29 is 9.84 Å².